The number of hydrogen-bond acceptors (Lipinski definition) is 4. The van der Waals surface area contributed by atoms with E-state index < -0.39 is 0 Å². The summed E-state index contributed by atoms with van der Waals surface area (Å²) in [7, 11) is 4.00. The maximum absolute atomic E-state index is 13.0. The minimum Gasteiger partial charge on any atom is -0.377 e. The first-order chi connectivity index (χ1) is 14.0. The van der Waals surface area contributed by atoms with Crippen LogP contribution in [0.15, 0.2) is 35.7 Å². The Morgan fingerprint density at radius 2 is 1.93 bits per heavy atom. The van der Waals surface area contributed by atoms with Crippen LogP contribution in [0, 0.1) is 5.92 Å². The fourth-order valence-corrected chi connectivity index (χ4v) is 4.63. The van der Waals surface area contributed by atoms with Gasteiger partial charge in [0.25, 0.3) is 5.91 Å². The monoisotopic (exact) mass is 413 g/mol. The number of nitrogens with zero attached hydrogens (tertiary/aromatic N) is 2. The highest BCUT2D eigenvalue weighted by atomic mass is 32.1. The van der Waals surface area contributed by atoms with Crippen molar-refractivity contribution >= 4 is 34.5 Å². The molecule has 0 bridgehead atoms. The van der Waals surface area contributed by atoms with E-state index in [0.29, 0.717) is 13.1 Å². The van der Waals surface area contributed by atoms with Crippen molar-refractivity contribution in [3.63, 3.8) is 0 Å². The first-order valence-corrected chi connectivity index (χ1v) is 11.3. The molecule has 1 aliphatic carbocycles. The highest BCUT2D eigenvalue weighted by Crippen LogP contribution is 2.29. The number of carbonyl (C=O) groups excluding carboxylic acids is 2. The van der Waals surface area contributed by atoms with Crippen LogP contribution in [0.1, 0.15) is 54.3 Å². The Balaban J connectivity index is 1.82. The van der Waals surface area contributed by atoms with Gasteiger partial charge in [-0.15, -0.1) is 11.3 Å². The highest BCUT2D eigenvalue weighted by molar-refractivity contribution is 7.12. The van der Waals surface area contributed by atoms with Crippen molar-refractivity contribution in [3.8, 4) is 0 Å². The molecular formula is C23H31N3O2S. The zero-order valence-corrected chi connectivity index (χ0v) is 18.4. The molecule has 0 atom stereocenters. The third-order valence-electron chi connectivity index (χ3n) is 5.43. The maximum atomic E-state index is 13.0. The lowest BCUT2D eigenvalue weighted by Gasteiger charge is -2.26. The number of hydrogen-bond donors (Lipinski definition) is 1. The predicted molar refractivity (Wildman–Crippen MR) is 121 cm³/mol. The van der Waals surface area contributed by atoms with Crippen LogP contribution < -0.4 is 10.2 Å². The Morgan fingerprint density at radius 3 is 2.55 bits per heavy atom. The lowest BCUT2D eigenvalue weighted by atomic mass is 10.1. The summed E-state index contributed by atoms with van der Waals surface area (Å²) in [5.74, 6) is 0.307. The Bertz CT molecular complexity index is 827. The number of nitrogens with one attached hydrogen (secondary N) is 1. The second-order valence-corrected chi connectivity index (χ2v) is 8.86. The van der Waals surface area contributed by atoms with Crippen molar-refractivity contribution in [2.45, 2.75) is 45.6 Å². The number of anilines is 2. The molecule has 0 unspecified atom stereocenters. The zero-order valence-electron chi connectivity index (χ0n) is 17.6. The van der Waals surface area contributed by atoms with Gasteiger partial charge in [-0.3, -0.25) is 9.59 Å². The van der Waals surface area contributed by atoms with E-state index in [1.54, 1.807) is 0 Å². The van der Waals surface area contributed by atoms with Gasteiger partial charge in [-0.25, -0.2) is 0 Å². The van der Waals surface area contributed by atoms with Gasteiger partial charge in [0.1, 0.15) is 0 Å². The highest BCUT2D eigenvalue weighted by Gasteiger charge is 2.23. The van der Waals surface area contributed by atoms with E-state index in [-0.39, 0.29) is 17.7 Å². The third kappa shape index (κ3) is 5.38. The van der Waals surface area contributed by atoms with Gasteiger partial charge in [0.05, 0.1) is 4.88 Å². The van der Waals surface area contributed by atoms with Gasteiger partial charge < -0.3 is 15.1 Å². The van der Waals surface area contributed by atoms with Gasteiger partial charge in [0.2, 0.25) is 5.91 Å². The molecule has 1 aromatic heterocycles. The summed E-state index contributed by atoms with van der Waals surface area (Å²) >= 11 is 1.47. The maximum Gasteiger partial charge on any atom is 0.264 e. The van der Waals surface area contributed by atoms with Gasteiger partial charge in [-0.1, -0.05) is 25.8 Å². The Morgan fingerprint density at radius 1 is 1.17 bits per heavy atom. The molecule has 0 aliphatic heterocycles. The molecule has 1 fully saturated rings. The fraction of sp³-hybridized carbons (Fsp3) is 0.478. The van der Waals surface area contributed by atoms with Gasteiger partial charge in [0, 0.05) is 44.5 Å². The predicted octanol–water partition coefficient (Wildman–Crippen LogP) is 5.00. The van der Waals surface area contributed by atoms with Crippen LogP contribution in [0.3, 0.4) is 0 Å². The minimum atomic E-state index is 0.0620. The van der Waals surface area contributed by atoms with Crippen molar-refractivity contribution in [1.82, 2.24) is 4.90 Å². The number of amides is 2. The van der Waals surface area contributed by atoms with E-state index in [9.17, 15) is 9.59 Å². The van der Waals surface area contributed by atoms with E-state index in [4.69, 9.17) is 0 Å². The molecule has 0 spiro atoms. The van der Waals surface area contributed by atoms with Crippen LogP contribution in [-0.4, -0.2) is 37.4 Å². The van der Waals surface area contributed by atoms with Crippen molar-refractivity contribution in [2.24, 2.45) is 5.92 Å². The first kappa shape index (κ1) is 21.4. The van der Waals surface area contributed by atoms with Gasteiger partial charge in [0.15, 0.2) is 0 Å². The largest absolute Gasteiger partial charge is 0.377 e. The summed E-state index contributed by atoms with van der Waals surface area (Å²) in [5, 5.41) is 5.03. The van der Waals surface area contributed by atoms with Crippen molar-refractivity contribution in [3.05, 3.63) is 46.2 Å². The summed E-state index contributed by atoms with van der Waals surface area (Å²) in [6.07, 6.45) is 5.13. The average Bonchev–Trinajstić information content (AvgIpc) is 3.41. The molecule has 1 aliphatic rings. The number of benzene rings is 1. The lowest BCUT2D eigenvalue weighted by molar-refractivity contribution is -0.119. The molecule has 0 saturated heterocycles. The molecular weight excluding hydrogens is 382 g/mol. The van der Waals surface area contributed by atoms with Crippen LogP contribution in [0.2, 0.25) is 0 Å². The minimum absolute atomic E-state index is 0.0620. The smallest absolute Gasteiger partial charge is 0.264 e. The molecule has 6 heteroatoms. The second-order valence-electron chi connectivity index (χ2n) is 7.91. The van der Waals surface area contributed by atoms with Crippen LogP contribution in [0.5, 0.6) is 0 Å². The Kier molecular flexibility index (Phi) is 7.31. The van der Waals surface area contributed by atoms with Crippen molar-refractivity contribution in [1.29, 1.82) is 0 Å². The van der Waals surface area contributed by atoms with E-state index >= 15 is 0 Å². The first-order valence-electron chi connectivity index (χ1n) is 10.4. The molecule has 5 nitrogen and oxygen atoms in total. The van der Waals surface area contributed by atoms with Crippen LogP contribution >= 0.6 is 11.3 Å². The summed E-state index contributed by atoms with van der Waals surface area (Å²) in [4.78, 5) is 30.2. The average molecular weight is 414 g/mol. The normalized spacial score (nSPS) is 14.0. The van der Waals surface area contributed by atoms with Crippen LogP contribution in [0.25, 0.3) is 0 Å². The molecule has 29 heavy (non-hydrogen) atoms. The summed E-state index contributed by atoms with van der Waals surface area (Å²) in [5.41, 5.74) is 2.91. The van der Waals surface area contributed by atoms with E-state index in [1.165, 1.54) is 11.3 Å². The number of thiophene rings is 1. The quantitative estimate of drug-likeness (QED) is 0.663. The SMILES string of the molecule is CCCN(Cc1cc(NC(=O)C2CCCC2)ccc1N(C)C)C(=O)c1cccs1. The molecule has 2 aromatic rings. The Hall–Kier alpha value is -2.34. The molecule has 156 valence electrons. The lowest BCUT2D eigenvalue weighted by Crippen LogP contribution is -2.31. The molecule has 1 heterocycles. The fourth-order valence-electron chi connectivity index (χ4n) is 3.94. The summed E-state index contributed by atoms with van der Waals surface area (Å²) < 4.78 is 0. The van der Waals surface area contributed by atoms with Crippen LogP contribution in [0.4, 0.5) is 11.4 Å². The van der Waals surface area contributed by atoms with Gasteiger partial charge in [-0.05, 0) is 54.5 Å². The van der Waals surface area contributed by atoms with Crippen molar-refractivity contribution in [2.75, 3.05) is 30.9 Å². The molecule has 0 radical (unpaired) electrons. The molecule has 3 rings (SSSR count). The van der Waals surface area contributed by atoms with Crippen molar-refractivity contribution < 1.29 is 9.59 Å². The molecule has 2 amide bonds. The van der Waals surface area contributed by atoms with E-state index in [1.807, 2.05) is 54.7 Å². The molecule has 1 N–H and O–H groups in total. The van der Waals surface area contributed by atoms with E-state index in [2.05, 4.69) is 17.1 Å². The standard InChI is InChI=1S/C23H31N3O2S/c1-4-13-26(23(28)21-10-7-14-29-21)16-18-15-19(11-12-20(18)25(2)3)24-22(27)17-8-5-6-9-17/h7,10-12,14-15,17H,4-6,8-9,13,16H2,1-3H3,(H,24,27). The van der Waals surface area contributed by atoms with Gasteiger partial charge >= 0.3 is 0 Å². The number of carbonyl (C=O) groups is 2. The molecule has 1 saturated carbocycles. The van der Waals surface area contributed by atoms with E-state index in [0.717, 1.165) is 53.9 Å². The third-order valence-corrected chi connectivity index (χ3v) is 6.29. The second kappa shape index (κ2) is 9.92. The molecule has 1 aromatic carbocycles. The zero-order chi connectivity index (χ0) is 20.8. The Labute approximate surface area is 177 Å². The van der Waals surface area contributed by atoms with Crippen LogP contribution in [-0.2, 0) is 11.3 Å². The van der Waals surface area contributed by atoms with Gasteiger partial charge in [-0.2, -0.15) is 0 Å². The summed E-state index contributed by atoms with van der Waals surface area (Å²) in [6.45, 7) is 3.30. The topological polar surface area (TPSA) is 52.7 Å². The summed E-state index contributed by atoms with van der Waals surface area (Å²) in [6, 6.07) is 9.79. The number of rotatable bonds is 8.